The molecular weight excluding hydrogens is 352 g/mol. The van der Waals surface area contributed by atoms with Crippen molar-refractivity contribution in [3.05, 3.63) is 12.7 Å². The van der Waals surface area contributed by atoms with Crippen LogP contribution < -0.4 is 0 Å². The molecule has 1 rings (SSSR count). The Kier molecular flexibility index (Phi) is 12.4. The second-order valence-corrected chi connectivity index (χ2v) is 7.01. The Bertz CT molecular complexity index is 489. The van der Waals surface area contributed by atoms with E-state index in [1.54, 1.807) is 6.92 Å². The molecule has 7 nitrogen and oxygen atoms in total. The maximum absolute atomic E-state index is 11.7. The molecule has 0 bridgehead atoms. The highest BCUT2D eigenvalue weighted by atomic mass is 16.6. The van der Waals surface area contributed by atoms with Crippen LogP contribution in [0, 0.1) is 17.8 Å². The zero-order valence-corrected chi connectivity index (χ0v) is 16.8. The number of ether oxygens (including phenoxy) is 2. The molecule has 0 heterocycles. The molecule has 5 unspecified atom stereocenters. The average molecular weight is 386 g/mol. The molecule has 0 saturated heterocycles. The van der Waals surface area contributed by atoms with Gasteiger partial charge in [-0.2, -0.15) is 0 Å². The van der Waals surface area contributed by atoms with Gasteiger partial charge in [0.15, 0.2) is 0 Å². The van der Waals surface area contributed by atoms with Gasteiger partial charge < -0.3 is 19.7 Å². The van der Waals surface area contributed by atoms with Crippen molar-refractivity contribution in [1.29, 1.82) is 0 Å². The number of carbonyl (C=O) groups is 3. The second kappa shape index (κ2) is 13.3. The fourth-order valence-corrected chi connectivity index (χ4v) is 2.36. The fraction of sp³-hybridized carbons (Fsp3) is 0.750. The van der Waals surface area contributed by atoms with E-state index in [0.29, 0.717) is 12.8 Å². The van der Waals surface area contributed by atoms with E-state index in [4.69, 9.17) is 14.6 Å². The molecule has 7 heteroatoms. The first-order valence-electron chi connectivity index (χ1n) is 9.56. The number of aliphatic hydroxyl groups excluding tert-OH is 1. The molecule has 0 spiro atoms. The van der Waals surface area contributed by atoms with Crippen molar-refractivity contribution >= 4 is 17.9 Å². The highest BCUT2D eigenvalue weighted by Crippen LogP contribution is 2.27. The molecular formula is C20H34O7. The molecule has 2 N–H and O–H groups in total. The summed E-state index contributed by atoms with van der Waals surface area (Å²) in [6.07, 6.45) is 3.27. The first-order valence-corrected chi connectivity index (χ1v) is 9.56. The maximum atomic E-state index is 11.7. The van der Waals surface area contributed by atoms with Crippen molar-refractivity contribution in [1.82, 2.24) is 0 Å². The van der Waals surface area contributed by atoms with Crippen LogP contribution >= 0.6 is 0 Å². The molecule has 1 aliphatic carbocycles. The molecule has 0 aromatic heterocycles. The van der Waals surface area contributed by atoms with E-state index >= 15 is 0 Å². The Hall–Kier alpha value is -1.89. The maximum Gasteiger partial charge on any atom is 0.330 e. The summed E-state index contributed by atoms with van der Waals surface area (Å²) in [6, 6.07) is 0. The SMILES string of the molecule is C=CC(=O)OCC1CCC(OC(=O)C(C)CC)C(O)C1.CCC(C)C(=O)O. The number of esters is 2. The molecule has 1 fully saturated rings. The van der Waals surface area contributed by atoms with Crippen molar-refractivity contribution in [2.24, 2.45) is 17.8 Å². The first-order chi connectivity index (χ1) is 12.7. The lowest BCUT2D eigenvalue weighted by molar-refractivity contribution is -0.164. The number of hydrogen-bond acceptors (Lipinski definition) is 6. The predicted molar refractivity (Wildman–Crippen MR) is 101 cm³/mol. The normalized spacial score (nSPS) is 23.8. The lowest BCUT2D eigenvalue weighted by Crippen LogP contribution is -2.39. The number of carbonyl (C=O) groups excluding carboxylic acids is 2. The summed E-state index contributed by atoms with van der Waals surface area (Å²) < 4.78 is 10.3. The highest BCUT2D eigenvalue weighted by Gasteiger charge is 2.33. The van der Waals surface area contributed by atoms with Gasteiger partial charge in [0, 0.05) is 6.08 Å². The van der Waals surface area contributed by atoms with Gasteiger partial charge in [0.25, 0.3) is 0 Å². The minimum atomic E-state index is -0.706. The minimum Gasteiger partial charge on any atom is -0.481 e. The molecule has 0 aromatic rings. The number of carboxylic acid groups (broad SMARTS) is 1. The summed E-state index contributed by atoms with van der Waals surface area (Å²) >= 11 is 0. The number of aliphatic carboxylic acids is 1. The summed E-state index contributed by atoms with van der Waals surface area (Å²) in [5.74, 6) is -1.64. The van der Waals surface area contributed by atoms with Gasteiger partial charge in [-0.25, -0.2) is 4.79 Å². The van der Waals surface area contributed by atoms with Crippen LogP contribution in [0.1, 0.15) is 59.8 Å². The van der Waals surface area contributed by atoms with Crippen molar-refractivity contribution < 1.29 is 34.1 Å². The average Bonchev–Trinajstić information content (AvgIpc) is 2.66. The van der Waals surface area contributed by atoms with Gasteiger partial charge in [-0.3, -0.25) is 9.59 Å². The van der Waals surface area contributed by atoms with Crippen molar-refractivity contribution in [3.63, 3.8) is 0 Å². The van der Waals surface area contributed by atoms with Crippen LogP contribution in [0.3, 0.4) is 0 Å². The van der Waals surface area contributed by atoms with Crippen LogP contribution in [0.4, 0.5) is 0 Å². The summed E-state index contributed by atoms with van der Waals surface area (Å²) in [5, 5.41) is 18.2. The first kappa shape index (κ1) is 25.1. The Labute approximate surface area is 161 Å². The van der Waals surface area contributed by atoms with Crippen molar-refractivity contribution in [2.45, 2.75) is 72.0 Å². The Morgan fingerprint density at radius 3 is 2.15 bits per heavy atom. The lowest BCUT2D eigenvalue weighted by Gasteiger charge is -2.32. The van der Waals surface area contributed by atoms with Gasteiger partial charge in [0.05, 0.1) is 24.5 Å². The molecule has 0 aliphatic heterocycles. The second-order valence-electron chi connectivity index (χ2n) is 7.01. The summed E-state index contributed by atoms with van der Waals surface area (Å²) in [4.78, 5) is 32.6. The van der Waals surface area contributed by atoms with Crippen LogP contribution in [0.15, 0.2) is 12.7 Å². The molecule has 1 aliphatic rings. The van der Waals surface area contributed by atoms with E-state index in [0.717, 1.165) is 25.3 Å². The number of rotatable bonds is 8. The third kappa shape index (κ3) is 10.1. The quantitative estimate of drug-likeness (QED) is 0.487. The van der Waals surface area contributed by atoms with Gasteiger partial charge in [0.2, 0.25) is 0 Å². The fourth-order valence-electron chi connectivity index (χ4n) is 2.36. The van der Waals surface area contributed by atoms with Gasteiger partial charge in [-0.15, -0.1) is 0 Å². The predicted octanol–water partition coefficient (Wildman–Crippen LogP) is 2.95. The molecule has 0 amide bonds. The Balaban J connectivity index is 0.000000821. The zero-order chi connectivity index (χ0) is 21.0. The largest absolute Gasteiger partial charge is 0.481 e. The summed E-state index contributed by atoms with van der Waals surface area (Å²) in [5.41, 5.74) is 0. The number of carboxylic acids is 1. The van der Waals surface area contributed by atoms with Crippen molar-refractivity contribution in [2.75, 3.05) is 6.61 Å². The van der Waals surface area contributed by atoms with Gasteiger partial charge in [-0.05, 0) is 38.0 Å². The smallest absolute Gasteiger partial charge is 0.330 e. The Morgan fingerprint density at radius 2 is 1.74 bits per heavy atom. The van der Waals surface area contributed by atoms with E-state index in [2.05, 4.69) is 6.58 Å². The van der Waals surface area contributed by atoms with E-state index in [9.17, 15) is 19.5 Å². The molecule has 0 radical (unpaired) electrons. The number of aliphatic hydroxyl groups is 1. The van der Waals surface area contributed by atoms with Crippen molar-refractivity contribution in [3.8, 4) is 0 Å². The van der Waals surface area contributed by atoms with Gasteiger partial charge in [0.1, 0.15) is 6.10 Å². The summed E-state index contributed by atoms with van der Waals surface area (Å²) in [7, 11) is 0. The number of hydrogen-bond donors (Lipinski definition) is 2. The third-order valence-electron chi connectivity index (χ3n) is 4.81. The highest BCUT2D eigenvalue weighted by molar-refractivity contribution is 5.81. The van der Waals surface area contributed by atoms with Crippen LogP contribution in [-0.2, 0) is 23.9 Å². The monoisotopic (exact) mass is 386 g/mol. The van der Waals surface area contributed by atoms with Gasteiger partial charge >= 0.3 is 17.9 Å². The van der Waals surface area contributed by atoms with Crippen LogP contribution in [0.2, 0.25) is 0 Å². The standard InChI is InChI=1S/C15H24O5.C5H10O2/c1-4-10(3)15(18)20-13-7-6-11(8-12(13)16)9-19-14(17)5-2;1-3-4(2)5(6)7/h5,10-13,16H,2,4,6-9H2,1,3H3;4H,3H2,1-2H3,(H,6,7). The summed E-state index contributed by atoms with van der Waals surface area (Å²) in [6.45, 7) is 10.9. The van der Waals surface area contributed by atoms with Gasteiger partial charge in [-0.1, -0.05) is 34.3 Å². The molecule has 1 saturated carbocycles. The minimum absolute atomic E-state index is 0.104. The Morgan fingerprint density at radius 1 is 1.15 bits per heavy atom. The van der Waals surface area contributed by atoms with E-state index in [1.165, 1.54) is 0 Å². The van der Waals surface area contributed by atoms with Crippen LogP contribution in [0.5, 0.6) is 0 Å². The van der Waals surface area contributed by atoms with Crippen LogP contribution in [-0.4, -0.2) is 46.9 Å². The molecule has 0 aromatic carbocycles. The zero-order valence-electron chi connectivity index (χ0n) is 16.8. The molecule has 5 atom stereocenters. The molecule has 27 heavy (non-hydrogen) atoms. The van der Waals surface area contributed by atoms with Crippen LogP contribution in [0.25, 0.3) is 0 Å². The molecule has 156 valence electrons. The van der Waals surface area contributed by atoms with E-state index in [1.807, 2.05) is 20.8 Å². The third-order valence-corrected chi connectivity index (χ3v) is 4.81. The van der Waals surface area contributed by atoms with E-state index in [-0.39, 0.29) is 30.3 Å². The van der Waals surface area contributed by atoms with E-state index < -0.39 is 24.1 Å². The topological polar surface area (TPSA) is 110 Å². The lowest BCUT2D eigenvalue weighted by atomic mass is 9.85.